The highest BCUT2D eigenvalue weighted by atomic mass is 79.9. The monoisotopic (exact) mass is 594 g/mol. The fourth-order valence-corrected chi connectivity index (χ4v) is 4.93. The highest BCUT2D eigenvalue weighted by molar-refractivity contribution is 9.10. The zero-order valence-electron chi connectivity index (χ0n) is 17.1. The Morgan fingerprint density at radius 2 is 1.65 bits per heavy atom. The minimum Gasteiger partial charge on any atom is -0.325 e. The van der Waals surface area contributed by atoms with Crippen molar-refractivity contribution < 1.29 is 26.4 Å². The average Bonchev–Trinajstić information content (AvgIpc) is 2.75. The third-order valence-corrected chi connectivity index (χ3v) is 7.66. The van der Waals surface area contributed by atoms with Gasteiger partial charge in [-0.2, -0.15) is 17.5 Å². The summed E-state index contributed by atoms with van der Waals surface area (Å²) in [6.45, 7) is -0.889. The lowest BCUT2D eigenvalue weighted by atomic mass is 10.2. The maximum absolute atomic E-state index is 13.3. The maximum atomic E-state index is 13.3. The van der Waals surface area contributed by atoms with Gasteiger partial charge in [-0.1, -0.05) is 51.3 Å². The lowest BCUT2D eigenvalue weighted by molar-refractivity contribution is -0.137. The molecule has 0 aliphatic heterocycles. The summed E-state index contributed by atoms with van der Waals surface area (Å²) < 4.78 is 67.1. The molecule has 34 heavy (non-hydrogen) atoms. The van der Waals surface area contributed by atoms with Crippen LogP contribution in [0.25, 0.3) is 0 Å². The minimum atomic E-state index is -4.59. The van der Waals surface area contributed by atoms with Gasteiger partial charge in [0.05, 0.1) is 27.0 Å². The molecule has 0 saturated heterocycles. The van der Waals surface area contributed by atoms with Gasteiger partial charge in [0.25, 0.3) is 0 Å². The van der Waals surface area contributed by atoms with E-state index in [0.29, 0.717) is 10.0 Å². The molecule has 0 aliphatic rings. The van der Waals surface area contributed by atoms with Crippen molar-refractivity contribution in [1.29, 1.82) is 0 Å². The predicted molar refractivity (Wildman–Crippen MR) is 128 cm³/mol. The van der Waals surface area contributed by atoms with Gasteiger partial charge in [0.15, 0.2) is 0 Å². The number of anilines is 1. The largest absolute Gasteiger partial charge is 0.416 e. The van der Waals surface area contributed by atoms with Crippen molar-refractivity contribution in [3.8, 4) is 0 Å². The summed E-state index contributed by atoms with van der Waals surface area (Å²) in [6.07, 6.45) is -4.59. The second-order valence-electron chi connectivity index (χ2n) is 7.10. The molecule has 0 fully saturated rings. The molecule has 0 atom stereocenters. The fourth-order valence-electron chi connectivity index (χ4n) is 2.96. The Balaban J connectivity index is 1.89. The van der Waals surface area contributed by atoms with E-state index >= 15 is 0 Å². The standard InChI is InChI=1S/C22H16BrCl2F3N2O3S/c23-16-5-7-18(8-6-16)34(32,33)30(12-14-4-9-19(24)20(25)10-14)13-21(31)29-17-3-1-2-15(11-17)22(26,27)28/h1-11H,12-13H2,(H,29,31). The molecule has 5 nitrogen and oxygen atoms in total. The Kier molecular flexibility index (Phi) is 8.30. The van der Waals surface area contributed by atoms with Crippen LogP contribution in [-0.2, 0) is 27.5 Å². The molecule has 0 aromatic heterocycles. The number of carbonyl (C=O) groups excluding carboxylic acids is 1. The van der Waals surface area contributed by atoms with Crippen molar-refractivity contribution in [2.45, 2.75) is 17.6 Å². The molecule has 0 radical (unpaired) electrons. The molecule has 3 aromatic carbocycles. The summed E-state index contributed by atoms with van der Waals surface area (Å²) in [5.41, 5.74) is -0.599. The Morgan fingerprint density at radius 3 is 2.26 bits per heavy atom. The second-order valence-corrected chi connectivity index (χ2v) is 10.8. The summed E-state index contributed by atoms with van der Waals surface area (Å²) in [6, 6.07) is 14.4. The van der Waals surface area contributed by atoms with Gasteiger partial charge >= 0.3 is 6.18 Å². The van der Waals surface area contributed by atoms with Gasteiger partial charge in [0.2, 0.25) is 15.9 Å². The Morgan fingerprint density at radius 1 is 0.971 bits per heavy atom. The van der Waals surface area contributed by atoms with Gasteiger partial charge in [-0.3, -0.25) is 4.79 Å². The van der Waals surface area contributed by atoms with Crippen molar-refractivity contribution in [3.63, 3.8) is 0 Å². The van der Waals surface area contributed by atoms with Crippen LogP contribution in [-0.4, -0.2) is 25.2 Å². The van der Waals surface area contributed by atoms with Crippen LogP contribution in [0.2, 0.25) is 10.0 Å². The highest BCUT2D eigenvalue weighted by Crippen LogP contribution is 2.31. The zero-order chi connectivity index (χ0) is 25.1. The summed E-state index contributed by atoms with van der Waals surface area (Å²) in [7, 11) is -4.16. The summed E-state index contributed by atoms with van der Waals surface area (Å²) in [5.74, 6) is -0.819. The predicted octanol–water partition coefficient (Wildman–Crippen LogP) is 6.60. The molecule has 0 aliphatic carbocycles. The first-order valence-electron chi connectivity index (χ1n) is 9.53. The van der Waals surface area contributed by atoms with E-state index in [4.69, 9.17) is 23.2 Å². The molecular formula is C22H16BrCl2F3N2O3S. The highest BCUT2D eigenvalue weighted by Gasteiger charge is 2.31. The molecule has 0 heterocycles. The van der Waals surface area contributed by atoms with Crippen LogP contribution in [0.15, 0.2) is 76.1 Å². The van der Waals surface area contributed by atoms with Crippen LogP contribution in [0, 0.1) is 0 Å². The first-order valence-corrected chi connectivity index (χ1v) is 12.5. The number of nitrogens with one attached hydrogen (secondary N) is 1. The van der Waals surface area contributed by atoms with Crippen LogP contribution < -0.4 is 5.32 Å². The van der Waals surface area contributed by atoms with Crippen molar-refractivity contribution in [3.05, 3.63) is 92.4 Å². The number of sulfonamides is 1. The second kappa shape index (κ2) is 10.7. The van der Waals surface area contributed by atoms with E-state index in [1.54, 1.807) is 6.07 Å². The van der Waals surface area contributed by atoms with Crippen LogP contribution >= 0.6 is 39.1 Å². The molecule has 0 unspecified atom stereocenters. The number of hydrogen-bond donors (Lipinski definition) is 1. The third-order valence-electron chi connectivity index (χ3n) is 4.59. The Labute approximate surface area is 212 Å². The van der Waals surface area contributed by atoms with Gasteiger partial charge in [-0.05, 0) is 60.2 Å². The molecule has 0 saturated carbocycles. The Hall–Kier alpha value is -2.11. The zero-order valence-corrected chi connectivity index (χ0v) is 21.0. The number of rotatable bonds is 7. The first-order chi connectivity index (χ1) is 15.9. The number of alkyl halides is 3. The number of nitrogens with zero attached hydrogens (tertiary/aromatic N) is 1. The van der Waals surface area contributed by atoms with E-state index in [1.165, 1.54) is 42.5 Å². The maximum Gasteiger partial charge on any atom is 0.416 e. The van der Waals surface area contributed by atoms with Crippen molar-refractivity contribution in [2.75, 3.05) is 11.9 Å². The SMILES string of the molecule is O=C(CN(Cc1ccc(Cl)c(Cl)c1)S(=O)(=O)c1ccc(Br)cc1)Nc1cccc(C(F)(F)F)c1. The third kappa shape index (κ3) is 6.73. The van der Waals surface area contributed by atoms with Gasteiger partial charge in [0.1, 0.15) is 0 Å². The fraction of sp³-hybridized carbons (Fsp3) is 0.136. The van der Waals surface area contributed by atoms with Crippen LogP contribution in [0.1, 0.15) is 11.1 Å². The van der Waals surface area contributed by atoms with Crippen molar-refractivity contribution in [2.24, 2.45) is 0 Å². The number of amides is 1. The van der Waals surface area contributed by atoms with Crippen molar-refractivity contribution >= 4 is 60.7 Å². The molecule has 3 rings (SSSR count). The molecular weight excluding hydrogens is 580 g/mol. The van der Waals surface area contributed by atoms with Crippen LogP contribution in [0.5, 0.6) is 0 Å². The number of benzene rings is 3. The summed E-state index contributed by atoms with van der Waals surface area (Å²) in [4.78, 5) is 12.6. The first kappa shape index (κ1) is 26.5. The molecule has 0 spiro atoms. The van der Waals surface area contributed by atoms with Crippen molar-refractivity contribution in [1.82, 2.24) is 4.31 Å². The van der Waals surface area contributed by atoms with Gasteiger partial charge in [-0.15, -0.1) is 0 Å². The Bertz CT molecular complexity index is 1300. The molecule has 180 valence electrons. The number of carbonyl (C=O) groups is 1. The smallest absolute Gasteiger partial charge is 0.325 e. The van der Waals surface area contributed by atoms with E-state index in [9.17, 15) is 26.4 Å². The van der Waals surface area contributed by atoms with Crippen LogP contribution in [0.4, 0.5) is 18.9 Å². The van der Waals surface area contributed by atoms with Gasteiger partial charge in [0, 0.05) is 16.7 Å². The minimum absolute atomic E-state index is 0.0670. The van der Waals surface area contributed by atoms with E-state index in [-0.39, 0.29) is 27.2 Å². The normalized spacial score (nSPS) is 12.1. The molecule has 1 N–H and O–H groups in total. The topological polar surface area (TPSA) is 66.5 Å². The van der Waals surface area contributed by atoms with E-state index in [0.717, 1.165) is 22.5 Å². The number of hydrogen-bond acceptors (Lipinski definition) is 3. The lowest BCUT2D eigenvalue weighted by Gasteiger charge is -2.22. The molecule has 0 bridgehead atoms. The van der Waals surface area contributed by atoms with E-state index in [2.05, 4.69) is 21.2 Å². The van der Waals surface area contributed by atoms with Gasteiger partial charge in [-0.25, -0.2) is 8.42 Å². The molecule has 1 amide bonds. The summed E-state index contributed by atoms with van der Waals surface area (Å²) >= 11 is 15.2. The van der Waals surface area contributed by atoms with E-state index in [1.807, 2.05) is 0 Å². The van der Waals surface area contributed by atoms with Crippen LogP contribution in [0.3, 0.4) is 0 Å². The van der Waals surface area contributed by atoms with Gasteiger partial charge < -0.3 is 5.32 Å². The average molecular weight is 596 g/mol. The summed E-state index contributed by atoms with van der Waals surface area (Å²) in [5, 5.41) is 2.80. The molecule has 3 aromatic rings. The lowest BCUT2D eigenvalue weighted by Crippen LogP contribution is -2.37. The quantitative estimate of drug-likeness (QED) is 0.334. The van der Waals surface area contributed by atoms with E-state index < -0.39 is 34.2 Å². The molecule has 12 heteroatoms. The number of halogens is 6.